The lowest BCUT2D eigenvalue weighted by Crippen LogP contribution is -2.30. The molecule has 0 atom stereocenters. The van der Waals surface area contributed by atoms with Crippen molar-refractivity contribution < 1.29 is 23.5 Å². The van der Waals surface area contributed by atoms with Crippen LogP contribution >= 0.6 is 0 Å². The number of halogens is 1. The van der Waals surface area contributed by atoms with Crippen molar-refractivity contribution in [3.63, 3.8) is 0 Å². The SMILES string of the molecule is COC(=O)CNC(=O)c1ccc(NC(=O)c2cnn(-c3ccc(F)cc3)c2C)cc1. The molecule has 0 saturated carbocycles. The highest BCUT2D eigenvalue weighted by Gasteiger charge is 2.16. The van der Waals surface area contributed by atoms with E-state index in [0.717, 1.165) is 0 Å². The first kappa shape index (κ1) is 20.7. The topological polar surface area (TPSA) is 102 Å². The number of esters is 1. The van der Waals surface area contributed by atoms with Crippen LogP contribution in [0.3, 0.4) is 0 Å². The quantitative estimate of drug-likeness (QED) is 0.608. The highest BCUT2D eigenvalue weighted by molar-refractivity contribution is 6.05. The Kier molecular flexibility index (Phi) is 6.21. The molecule has 1 aromatic heterocycles. The number of aromatic nitrogens is 2. The van der Waals surface area contributed by atoms with Crippen LogP contribution in [-0.4, -0.2) is 41.2 Å². The van der Waals surface area contributed by atoms with Crippen LogP contribution in [0.25, 0.3) is 5.69 Å². The van der Waals surface area contributed by atoms with Gasteiger partial charge in [-0.1, -0.05) is 0 Å². The monoisotopic (exact) mass is 410 g/mol. The van der Waals surface area contributed by atoms with Gasteiger partial charge in [-0.15, -0.1) is 0 Å². The lowest BCUT2D eigenvalue weighted by Gasteiger charge is -2.08. The van der Waals surface area contributed by atoms with E-state index >= 15 is 0 Å². The number of ether oxygens (including phenoxy) is 1. The first-order valence-corrected chi connectivity index (χ1v) is 8.96. The zero-order valence-electron chi connectivity index (χ0n) is 16.3. The molecule has 0 aliphatic carbocycles. The summed E-state index contributed by atoms with van der Waals surface area (Å²) in [5.41, 5.74) is 2.41. The van der Waals surface area contributed by atoms with Gasteiger partial charge in [0.05, 0.1) is 30.3 Å². The molecule has 9 heteroatoms. The van der Waals surface area contributed by atoms with Crippen molar-refractivity contribution in [2.45, 2.75) is 6.92 Å². The van der Waals surface area contributed by atoms with Gasteiger partial charge in [-0.05, 0) is 55.5 Å². The molecule has 2 N–H and O–H groups in total. The second kappa shape index (κ2) is 8.99. The molecule has 0 fully saturated rings. The van der Waals surface area contributed by atoms with Gasteiger partial charge in [0.2, 0.25) is 0 Å². The maximum absolute atomic E-state index is 13.1. The summed E-state index contributed by atoms with van der Waals surface area (Å²) in [5, 5.41) is 9.37. The lowest BCUT2D eigenvalue weighted by atomic mass is 10.2. The van der Waals surface area contributed by atoms with Crippen molar-refractivity contribution in [1.29, 1.82) is 0 Å². The van der Waals surface area contributed by atoms with Gasteiger partial charge < -0.3 is 15.4 Å². The van der Waals surface area contributed by atoms with E-state index in [9.17, 15) is 18.8 Å². The molecule has 3 rings (SSSR count). The second-order valence-corrected chi connectivity index (χ2v) is 6.32. The van der Waals surface area contributed by atoms with E-state index in [1.54, 1.807) is 35.9 Å². The Morgan fingerprint density at radius 1 is 1.03 bits per heavy atom. The fraction of sp³-hybridized carbons (Fsp3) is 0.143. The number of nitrogens with zero attached hydrogens (tertiary/aromatic N) is 2. The largest absolute Gasteiger partial charge is 0.468 e. The highest BCUT2D eigenvalue weighted by atomic mass is 19.1. The Morgan fingerprint density at radius 2 is 1.70 bits per heavy atom. The average Bonchev–Trinajstić information content (AvgIpc) is 3.14. The molecule has 0 spiro atoms. The second-order valence-electron chi connectivity index (χ2n) is 6.32. The van der Waals surface area contributed by atoms with Gasteiger partial charge in [-0.3, -0.25) is 14.4 Å². The fourth-order valence-corrected chi connectivity index (χ4v) is 2.71. The van der Waals surface area contributed by atoms with E-state index in [1.165, 1.54) is 37.6 Å². The van der Waals surface area contributed by atoms with E-state index in [4.69, 9.17) is 0 Å². The first-order valence-electron chi connectivity index (χ1n) is 8.96. The number of nitrogens with one attached hydrogen (secondary N) is 2. The molecule has 0 bridgehead atoms. The third-order valence-corrected chi connectivity index (χ3v) is 4.35. The lowest BCUT2D eigenvalue weighted by molar-refractivity contribution is -0.139. The van der Waals surface area contributed by atoms with Crippen LogP contribution in [-0.2, 0) is 9.53 Å². The van der Waals surface area contributed by atoms with Crippen molar-refractivity contribution in [2.24, 2.45) is 0 Å². The minimum Gasteiger partial charge on any atom is -0.468 e. The molecule has 2 amide bonds. The van der Waals surface area contributed by atoms with E-state index in [2.05, 4.69) is 20.5 Å². The predicted octanol–water partition coefficient (Wildman–Crippen LogP) is 2.47. The van der Waals surface area contributed by atoms with Gasteiger partial charge in [0.25, 0.3) is 11.8 Å². The molecule has 0 radical (unpaired) electrons. The molecule has 0 aliphatic heterocycles. The highest BCUT2D eigenvalue weighted by Crippen LogP contribution is 2.17. The molecule has 0 aliphatic rings. The van der Waals surface area contributed by atoms with Crippen LogP contribution in [0, 0.1) is 12.7 Å². The minimum absolute atomic E-state index is 0.231. The molecule has 8 nitrogen and oxygen atoms in total. The van der Waals surface area contributed by atoms with Crippen molar-refractivity contribution in [2.75, 3.05) is 19.0 Å². The number of amides is 2. The van der Waals surface area contributed by atoms with Crippen LogP contribution in [0.2, 0.25) is 0 Å². The minimum atomic E-state index is -0.552. The maximum atomic E-state index is 13.1. The number of hydrogen-bond donors (Lipinski definition) is 2. The van der Waals surface area contributed by atoms with Crippen LogP contribution in [0.4, 0.5) is 10.1 Å². The number of carbonyl (C=O) groups excluding carboxylic acids is 3. The molecule has 0 saturated heterocycles. The van der Waals surface area contributed by atoms with E-state index in [1.807, 2.05) is 0 Å². The molecule has 154 valence electrons. The van der Waals surface area contributed by atoms with Gasteiger partial charge in [0.1, 0.15) is 12.4 Å². The Bertz CT molecular complexity index is 1080. The van der Waals surface area contributed by atoms with Crippen LogP contribution in [0.5, 0.6) is 0 Å². The molecular formula is C21H19FN4O4. The molecular weight excluding hydrogens is 391 g/mol. The predicted molar refractivity (Wildman–Crippen MR) is 107 cm³/mol. The summed E-state index contributed by atoms with van der Waals surface area (Å²) in [4.78, 5) is 35.7. The van der Waals surface area contributed by atoms with Gasteiger partial charge in [-0.2, -0.15) is 5.10 Å². The smallest absolute Gasteiger partial charge is 0.325 e. The third-order valence-electron chi connectivity index (χ3n) is 4.35. The first-order chi connectivity index (χ1) is 14.4. The summed E-state index contributed by atoms with van der Waals surface area (Å²) in [6, 6.07) is 12.0. The molecule has 30 heavy (non-hydrogen) atoms. The molecule has 3 aromatic rings. The number of methoxy groups -OCH3 is 1. The van der Waals surface area contributed by atoms with Crippen LogP contribution in [0.15, 0.2) is 54.7 Å². The Labute approximate surface area is 171 Å². The molecule has 1 heterocycles. The van der Waals surface area contributed by atoms with E-state index in [0.29, 0.717) is 28.2 Å². The van der Waals surface area contributed by atoms with Crippen molar-refractivity contribution in [3.8, 4) is 5.69 Å². The zero-order chi connectivity index (χ0) is 21.7. The van der Waals surface area contributed by atoms with Crippen molar-refractivity contribution in [1.82, 2.24) is 15.1 Å². The Balaban J connectivity index is 1.67. The van der Waals surface area contributed by atoms with E-state index in [-0.39, 0.29) is 18.3 Å². The molecule has 2 aromatic carbocycles. The average molecular weight is 410 g/mol. The Morgan fingerprint density at radius 3 is 2.33 bits per heavy atom. The van der Waals surface area contributed by atoms with Gasteiger partial charge >= 0.3 is 5.97 Å². The molecule has 0 unspecified atom stereocenters. The summed E-state index contributed by atoms with van der Waals surface area (Å²) < 4.78 is 19.1. The summed E-state index contributed by atoms with van der Waals surface area (Å²) in [6.45, 7) is 1.51. The van der Waals surface area contributed by atoms with Gasteiger partial charge in [0.15, 0.2) is 0 Å². The number of benzene rings is 2. The zero-order valence-corrected chi connectivity index (χ0v) is 16.3. The van der Waals surface area contributed by atoms with E-state index < -0.39 is 11.9 Å². The number of hydrogen-bond acceptors (Lipinski definition) is 5. The standard InChI is InChI=1S/C21H19FN4O4/c1-13-18(11-24-26(13)17-9-5-15(22)6-10-17)21(29)25-16-7-3-14(4-8-16)20(28)23-12-19(27)30-2/h3-11H,12H2,1-2H3,(H,23,28)(H,25,29). The van der Waals surface area contributed by atoms with Crippen LogP contribution < -0.4 is 10.6 Å². The summed E-state index contributed by atoms with van der Waals surface area (Å²) in [5.74, 6) is -1.72. The third kappa shape index (κ3) is 4.69. The summed E-state index contributed by atoms with van der Waals surface area (Å²) >= 11 is 0. The normalized spacial score (nSPS) is 10.4. The van der Waals surface area contributed by atoms with Crippen molar-refractivity contribution in [3.05, 3.63) is 77.4 Å². The van der Waals surface area contributed by atoms with Gasteiger partial charge in [0, 0.05) is 11.3 Å². The summed E-state index contributed by atoms with van der Waals surface area (Å²) in [7, 11) is 1.23. The van der Waals surface area contributed by atoms with Crippen molar-refractivity contribution >= 4 is 23.5 Å². The number of carbonyl (C=O) groups is 3. The van der Waals surface area contributed by atoms with Crippen LogP contribution in [0.1, 0.15) is 26.4 Å². The number of rotatable bonds is 6. The Hall–Kier alpha value is -4.01. The fourth-order valence-electron chi connectivity index (χ4n) is 2.71. The summed E-state index contributed by atoms with van der Waals surface area (Å²) in [6.07, 6.45) is 1.43. The number of anilines is 1. The maximum Gasteiger partial charge on any atom is 0.325 e. The van der Waals surface area contributed by atoms with Gasteiger partial charge in [-0.25, -0.2) is 9.07 Å².